The Morgan fingerprint density at radius 2 is 1.96 bits per heavy atom. The number of benzene rings is 2. The molecule has 1 aliphatic heterocycles. The van der Waals surface area contributed by atoms with Gasteiger partial charge >= 0.3 is 0 Å². The van der Waals surface area contributed by atoms with Crippen LogP contribution < -0.4 is 14.5 Å². The van der Waals surface area contributed by atoms with Crippen LogP contribution >= 0.6 is 0 Å². The summed E-state index contributed by atoms with van der Waals surface area (Å²) in [5.41, 5.74) is 2.68. The molecule has 0 aliphatic carbocycles. The molecule has 2 aromatic carbocycles. The molecule has 148 valence electrons. The molecule has 28 heavy (non-hydrogen) atoms. The van der Waals surface area contributed by atoms with E-state index in [1.807, 2.05) is 60.4 Å². The van der Waals surface area contributed by atoms with E-state index >= 15 is 0 Å². The van der Waals surface area contributed by atoms with Crippen molar-refractivity contribution < 1.29 is 14.3 Å². The molecule has 0 radical (unpaired) electrons. The topological polar surface area (TPSA) is 49.9 Å². The maximum atomic E-state index is 13.3. The van der Waals surface area contributed by atoms with Crippen LogP contribution in [0.4, 0.5) is 11.4 Å². The summed E-state index contributed by atoms with van der Waals surface area (Å²) in [6.07, 6.45) is 2.16. The maximum Gasteiger partial charge on any atom is 0.232 e. The first-order valence-corrected chi connectivity index (χ1v) is 9.86. The summed E-state index contributed by atoms with van der Waals surface area (Å²) in [4.78, 5) is 29.6. The molecule has 1 heterocycles. The normalized spacial score (nSPS) is 16.3. The third-order valence-electron chi connectivity index (χ3n) is 5.17. The Bertz CT molecular complexity index is 835. The Labute approximate surface area is 166 Å². The molecular weight excluding hydrogens is 352 g/mol. The Morgan fingerprint density at radius 3 is 2.64 bits per heavy atom. The van der Waals surface area contributed by atoms with Gasteiger partial charge in [0.15, 0.2) is 0 Å². The maximum absolute atomic E-state index is 13.3. The minimum Gasteiger partial charge on any atom is -0.495 e. The second kappa shape index (κ2) is 8.91. The quantitative estimate of drug-likeness (QED) is 0.724. The second-order valence-corrected chi connectivity index (χ2v) is 7.26. The third kappa shape index (κ3) is 4.19. The number of amides is 2. The number of hydrogen-bond acceptors (Lipinski definition) is 3. The highest BCUT2D eigenvalue weighted by atomic mass is 16.5. The van der Waals surface area contributed by atoms with Crippen LogP contribution in [0.1, 0.15) is 31.7 Å². The van der Waals surface area contributed by atoms with Gasteiger partial charge < -0.3 is 14.5 Å². The van der Waals surface area contributed by atoms with E-state index in [1.165, 1.54) is 0 Å². The number of methoxy groups -OCH3 is 1. The predicted octanol–water partition coefficient (Wildman–Crippen LogP) is 4.19. The fourth-order valence-corrected chi connectivity index (χ4v) is 3.63. The summed E-state index contributed by atoms with van der Waals surface area (Å²) in [6, 6.07) is 15.5. The van der Waals surface area contributed by atoms with E-state index in [0.717, 1.165) is 29.8 Å². The van der Waals surface area contributed by atoms with Gasteiger partial charge in [0.25, 0.3) is 0 Å². The van der Waals surface area contributed by atoms with Gasteiger partial charge in [0.2, 0.25) is 11.8 Å². The van der Waals surface area contributed by atoms with Crippen molar-refractivity contribution in [2.45, 2.75) is 33.1 Å². The van der Waals surface area contributed by atoms with Crippen molar-refractivity contribution in [3.05, 3.63) is 54.1 Å². The average molecular weight is 380 g/mol. The van der Waals surface area contributed by atoms with Crippen LogP contribution in [0.3, 0.4) is 0 Å². The van der Waals surface area contributed by atoms with Crippen molar-refractivity contribution >= 4 is 23.2 Å². The highest BCUT2D eigenvalue weighted by Crippen LogP contribution is 2.34. The summed E-state index contributed by atoms with van der Waals surface area (Å²) in [7, 11) is 1.60. The van der Waals surface area contributed by atoms with Gasteiger partial charge in [0.1, 0.15) is 5.75 Å². The van der Waals surface area contributed by atoms with Crippen molar-refractivity contribution in [2.75, 3.05) is 30.0 Å². The number of anilines is 2. The number of unbranched alkanes of at least 4 members (excludes halogenated alkanes) is 1. The number of carbonyl (C=O) groups excluding carboxylic acids is 2. The molecule has 1 saturated heterocycles. The van der Waals surface area contributed by atoms with Crippen LogP contribution in [0.5, 0.6) is 5.75 Å². The molecule has 1 aliphatic rings. The molecule has 0 saturated carbocycles. The monoisotopic (exact) mass is 380 g/mol. The average Bonchev–Trinajstić information content (AvgIpc) is 3.10. The lowest BCUT2D eigenvalue weighted by atomic mass is 10.1. The van der Waals surface area contributed by atoms with Crippen LogP contribution in [0.2, 0.25) is 0 Å². The van der Waals surface area contributed by atoms with E-state index in [1.54, 1.807) is 12.0 Å². The van der Waals surface area contributed by atoms with E-state index < -0.39 is 0 Å². The molecular formula is C23H28N2O3. The first kappa shape index (κ1) is 19.9. The number of para-hydroxylation sites is 1. The van der Waals surface area contributed by atoms with Crippen LogP contribution in [0, 0.1) is 12.8 Å². The summed E-state index contributed by atoms with van der Waals surface area (Å²) < 4.78 is 5.44. The number of aryl methyl sites for hydroxylation is 1. The lowest BCUT2D eigenvalue weighted by molar-refractivity contribution is -0.124. The molecule has 1 atom stereocenters. The number of carbonyl (C=O) groups is 2. The van der Waals surface area contributed by atoms with Gasteiger partial charge in [-0.2, -0.15) is 0 Å². The summed E-state index contributed by atoms with van der Waals surface area (Å²) in [6.45, 7) is 5.14. The van der Waals surface area contributed by atoms with E-state index in [4.69, 9.17) is 4.74 Å². The number of ether oxygens (including phenoxy) is 1. The summed E-state index contributed by atoms with van der Waals surface area (Å²) >= 11 is 0. The fraction of sp³-hybridized carbons (Fsp3) is 0.391. The molecule has 0 bridgehead atoms. The Balaban J connectivity index is 1.83. The molecule has 5 heteroatoms. The molecule has 0 N–H and O–H groups in total. The Kier molecular flexibility index (Phi) is 6.34. The van der Waals surface area contributed by atoms with E-state index in [0.29, 0.717) is 18.8 Å². The summed E-state index contributed by atoms with van der Waals surface area (Å²) in [5.74, 6) is 0.278. The van der Waals surface area contributed by atoms with Crippen LogP contribution in [-0.4, -0.2) is 32.0 Å². The van der Waals surface area contributed by atoms with E-state index in [9.17, 15) is 9.59 Å². The molecule has 5 nitrogen and oxygen atoms in total. The number of rotatable bonds is 7. The molecule has 2 aromatic rings. The Hall–Kier alpha value is -2.82. The molecule has 0 aromatic heterocycles. The van der Waals surface area contributed by atoms with Crippen molar-refractivity contribution in [2.24, 2.45) is 5.92 Å². The zero-order valence-electron chi connectivity index (χ0n) is 16.9. The smallest absolute Gasteiger partial charge is 0.232 e. The third-order valence-corrected chi connectivity index (χ3v) is 5.17. The zero-order chi connectivity index (χ0) is 20.1. The highest BCUT2D eigenvalue weighted by molar-refractivity contribution is 6.05. The van der Waals surface area contributed by atoms with Gasteiger partial charge in [-0.3, -0.25) is 9.59 Å². The van der Waals surface area contributed by atoms with Gasteiger partial charge in [0.05, 0.1) is 18.7 Å². The fourth-order valence-electron chi connectivity index (χ4n) is 3.63. The largest absolute Gasteiger partial charge is 0.495 e. The SMILES string of the molecule is CCCCN(C(=O)C1CC(=O)N(c2cc(C)ccc2OC)C1)c1ccccc1. The molecule has 1 unspecified atom stereocenters. The van der Waals surface area contributed by atoms with Gasteiger partial charge in [-0.05, 0) is 43.2 Å². The van der Waals surface area contributed by atoms with Crippen LogP contribution in [0.25, 0.3) is 0 Å². The van der Waals surface area contributed by atoms with Crippen molar-refractivity contribution in [1.29, 1.82) is 0 Å². The number of hydrogen-bond donors (Lipinski definition) is 0. The minimum atomic E-state index is -0.352. The van der Waals surface area contributed by atoms with E-state index in [-0.39, 0.29) is 24.2 Å². The molecule has 1 fully saturated rings. The first-order chi connectivity index (χ1) is 13.5. The number of nitrogens with zero attached hydrogens (tertiary/aromatic N) is 2. The first-order valence-electron chi connectivity index (χ1n) is 9.86. The Morgan fingerprint density at radius 1 is 1.21 bits per heavy atom. The van der Waals surface area contributed by atoms with Crippen molar-refractivity contribution in [1.82, 2.24) is 0 Å². The van der Waals surface area contributed by atoms with Crippen LogP contribution in [-0.2, 0) is 9.59 Å². The lowest BCUT2D eigenvalue weighted by Crippen LogP contribution is -2.38. The van der Waals surface area contributed by atoms with Gasteiger partial charge in [-0.1, -0.05) is 37.6 Å². The standard InChI is InChI=1S/C23H28N2O3/c1-4-5-13-24(19-9-7-6-8-10-19)23(27)18-15-22(26)25(16-18)20-14-17(2)11-12-21(20)28-3/h6-12,14,18H,4-5,13,15-16H2,1-3H3. The lowest BCUT2D eigenvalue weighted by Gasteiger charge is -2.26. The van der Waals surface area contributed by atoms with E-state index in [2.05, 4.69) is 6.92 Å². The highest BCUT2D eigenvalue weighted by Gasteiger charge is 2.38. The van der Waals surface area contributed by atoms with Gasteiger partial charge in [0, 0.05) is 25.2 Å². The molecule has 2 amide bonds. The molecule has 0 spiro atoms. The van der Waals surface area contributed by atoms with Crippen molar-refractivity contribution in [3.63, 3.8) is 0 Å². The van der Waals surface area contributed by atoms with Crippen molar-refractivity contribution in [3.8, 4) is 5.75 Å². The predicted molar refractivity (Wildman–Crippen MR) is 112 cm³/mol. The second-order valence-electron chi connectivity index (χ2n) is 7.26. The summed E-state index contributed by atoms with van der Waals surface area (Å²) in [5, 5.41) is 0. The molecule has 3 rings (SSSR count). The zero-order valence-corrected chi connectivity index (χ0v) is 16.9. The van der Waals surface area contributed by atoms with Gasteiger partial charge in [-0.25, -0.2) is 0 Å². The van der Waals surface area contributed by atoms with Crippen LogP contribution in [0.15, 0.2) is 48.5 Å². The van der Waals surface area contributed by atoms with Gasteiger partial charge in [-0.15, -0.1) is 0 Å². The minimum absolute atomic E-state index is 0.0159.